The molecule has 0 heterocycles. The van der Waals surface area contributed by atoms with Gasteiger partial charge in [-0.15, -0.1) is 46.2 Å². The molecular formula is C41H44Zr. The Balaban J connectivity index is 0.000000170. The van der Waals surface area contributed by atoms with Gasteiger partial charge in [-0.05, 0) is 10.8 Å². The van der Waals surface area contributed by atoms with Crippen LogP contribution in [0.5, 0.6) is 0 Å². The number of hydrogen-bond donors (Lipinski definition) is 0. The van der Waals surface area contributed by atoms with Crippen molar-refractivity contribution in [2.24, 2.45) is 0 Å². The second-order valence-electron chi connectivity index (χ2n) is 13.4. The van der Waals surface area contributed by atoms with Gasteiger partial charge in [0, 0.05) is 0 Å². The van der Waals surface area contributed by atoms with Crippen molar-refractivity contribution in [3.63, 3.8) is 0 Å². The average molecular weight is 628 g/mol. The van der Waals surface area contributed by atoms with Crippen LogP contribution in [0.25, 0.3) is 21.5 Å². The van der Waals surface area contributed by atoms with Crippen LogP contribution in [-0.4, -0.2) is 3.21 Å². The fourth-order valence-electron chi connectivity index (χ4n) is 5.06. The largest absolute Gasteiger partial charge is 0.273 e. The van der Waals surface area contributed by atoms with Crippen molar-refractivity contribution in [3.8, 4) is 0 Å². The first-order valence-corrected chi connectivity index (χ1v) is 16.1. The van der Waals surface area contributed by atoms with Gasteiger partial charge < -0.3 is 0 Å². The van der Waals surface area contributed by atoms with Crippen LogP contribution >= 0.6 is 0 Å². The van der Waals surface area contributed by atoms with Crippen LogP contribution < -0.4 is 0 Å². The summed E-state index contributed by atoms with van der Waals surface area (Å²) >= 11 is 1.47. The molecule has 0 spiro atoms. The maximum absolute atomic E-state index is 2.99. The van der Waals surface area contributed by atoms with E-state index in [2.05, 4.69) is 159 Å². The fourth-order valence-corrected chi connectivity index (χ4v) is 5.83. The van der Waals surface area contributed by atoms with Crippen molar-refractivity contribution < 1.29 is 24.2 Å². The Morgan fingerprint density at radius 2 is 1.14 bits per heavy atom. The van der Waals surface area contributed by atoms with Gasteiger partial charge in [0.1, 0.15) is 0 Å². The maximum Gasteiger partial charge on any atom is -0.109 e. The van der Waals surface area contributed by atoms with Crippen molar-refractivity contribution in [1.82, 2.24) is 0 Å². The van der Waals surface area contributed by atoms with Crippen LogP contribution in [0.3, 0.4) is 0 Å². The van der Waals surface area contributed by atoms with Crippen LogP contribution in [0.2, 0.25) is 0 Å². The topological polar surface area (TPSA) is 0 Å². The monoisotopic (exact) mass is 626 g/mol. The summed E-state index contributed by atoms with van der Waals surface area (Å²) in [5.74, 6) is 0. The molecule has 1 aliphatic rings. The third kappa shape index (κ3) is 8.29. The quantitative estimate of drug-likeness (QED) is 0.171. The Kier molecular flexibility index (Phi) is 10.3. The van der Waals surface area contributed by atoms with Gasteiger partial charge in [0.15, 0.2) is 0 Å². The number of rotatable bonds is 2. The minimum atomic E-state index is 0.203. The van der Waals surface area contributed by atoms with Gasteiger partial charge >= 0.3 is 112 Å². The van der Waals surface area contributed by atoms with E-state index in [0.29, 0.717) is 0 Å². The van der Waals surface area contributed by atoms with Crippen LogP contribution in [0.4, 0.5) is 0 Å². The average Bonchev–Trinajstić information content (AvgIpc) is 3.63. The van der Waals surface area contributed by atoms with E-state index in [0.717, 1.165) is 6.42 Å². The molecule has 0 saturated heterocycles. The Morgan fingerprint density at radius 3 is 1.48 bits per heavy atom. The van der Waals surface area contributed by atoms with Crippen molar-refractivity contribution >= 4 is 24.8 Å². The summed E-state index contributed by atoms with van der Waals surface area (Å²) in [6.07, 6.45) is 10.0. The van der Waals surface area contributed by atoms with Gasteiger partial charge in [-0.2, -0.15) is 6.08 Å². The van der Waals surface area contributed by atoms with Crippen LogP contribution in [0.15, 0.2) is 109 Å². The van der Waals surface area contributed by atoms with E-state index >= 15 is 0 Å². The third-order valence-corrected chi connectivity index (χ3v) is 9.05. The van der Waals surface area contributed by atoms with Gasteiger partial charge in [-0.3, -0.25) is 6.08 Å². The van der Waals surface area contributed by atoms with Gasteiger partial charge in [0.05, 0.1) is 0 Å². The molecule has 6 rings (SSSR count). The van der Waals surface area contributed by atoms with E-state index in [1.54, 1.807) is 0 Å². The summed E-state index contributed by atoms with van der Waals surface area (Å²) in [6, 6.07) is 33.6. The second-order valence-corrected chi connectivity index (χ2v) is 14.6. The summed E-state index contributed by atoms with van der Waals surface area (Å²) in [7, 11) is 0. The molecular weight excluding hydrogens is 584 g/mol. The second kappa shape index (κ2) is 13.5. The molecule has 0 aromatic heterocycles. The molecule has 0 fully saturated rings. The minimum absolute atomic E-state index is 0.203. The number of allylic oxidation sites excluding steroid dienone is 4. The Bertz CT molecular complexity index is 1620. The van der Waals surface area contributed by atoms with Gasteiger partial charge in [0.2, 0.25) is 0 Å². The zero-order valence-electron chi connectivity index (χ0n) is 26.6. The predicted octanol–water partition coefficient (Wildman–Crippen LogP) is 11.0. The Morgan fingerprint density at radius 1 is 0.667 bits per heavy atom. The molecule has 0 amide bonds. The zero-order valence-corrected chi connectivity index (χ0v) is 29.1. The van der Waals surface area contributed by atoms with Crippen LogP contribution in [0, 0.1) is 19.9 Å². The maximum atomic E-state index is 2.99. The predicted molar refractivity (Wildman–Crippen MR) is 182 cm³/mol. The van der Waals surface area contributed by atoms with E-state index in [9.17, 15) is 0 Å². The fraction of sp³-hybridized carbons (Fsp3) is 0.268. The van der Waals surface area contributed by atoms with Crippen LogP contribution in [-0.2, 0) is 35.1 Å². The standard InChI is InChI=1S/C21H25.C15H14.C5H5.Zr/c1-20(2,3)16-7-9-18-14(12-16)11-15-13-17(21(4,5)6)8-10-19(15)18;1-12-5-3-7-14(9-12)11-15-8-4-6-13(2)10-15;1-2-4-5-3-1;/h7-13H,1-6H3;3-10H,1-2H3;1-3H,4H2;/q-1;;-1;+2. The summed E-state index contributed by atoms with van der Waals surface area (Å²) in [5.41, 5.74) is 8.56. The van der Waals surface area contributed by atoms with Crippen molar-refractivity contribution in [2.45, 2.75) is 72.6 Å². The molecule has 212 valence electrons. The zero-order chi connectivity index (χ0) is 30.5. The summed E-state index contributed by atoms with van der Waals surface area (Å²) in [4.78, 5) is 0. The van der Waals surface area contributed by atoms with Gasteiger partial charge in [0.25, 0.3) is 0 Å². The normalized spacial score (nSPS) is 12.6. The molecule has 0 aliphatic heterocycles. The summed E-state index contributed by atoms with van der Waals surface area (Å²) < 4.78 is 1.43. The summed E-state index contributed by atoms with van der Waals surface area (Å²) in [5, 5.41) is 5.48. The van der Waals surface area contributed by atoms with Crippen molar-refractivity contribution in [2.75, 3.05) is 0 Å². The van der Waals surface area contributed by atoms with E-state index < -0.39 is 0 Å². The minimum Gasteiger partial charge on any atom is -0.273 e. The molecule has 42 heavy (non-hydrogen) atoms. The number of aryl methyl sites for hydroxylation is 2. The molecule has 5 aromatic carbocycles. The van der Waals surface area contributed by atoms with Gasteiger partial charge in [-0.1, -0.05) is 76.9 Å². The first-order chi connectivity index (χ1) is 19.8. The molecule has 0 N–H and O–H groups in total. The first kappa shape index (κ1) is 31.9. The Hall–Kier alpha value is -3.02. The number of hydrogen-bond acceptors (Lipinski definition) is 0. The number of benzene rings is 4. The van der Waals surface area contributed by atoms with Crippen molar-refractivity contribution in [1.29, 1.82) is 0 Å². The molecule has 1 heteroatoms. The molecule has 0 unspecified atom stereocenters. The first-order valence-electron chi connectivity index (χ1n) is 14.9. The molecule has 1 aliphatic carbocycles. The van der Waals surface area contributed by atoms with Gasteiger partial charge in [-0.25, -0.2) is 12.2 Å². The molecule has 0 atom stereocenters. The molecule has 0 radical (unpaired) electrons. The van der Waals surface area contributed by atoms with E-state index in [4.69, 9.17) is 0 Å². The molecule has 0 nitrogen and oxygen atoms in total. The Labute approximate surface area is 268 Å². The van der Waals surface area contributed by atoms with E-state index in [-0.39, 0.29) is 10.8 Å². The molecule has 0 bridgehead atoms. The van der Waals surface area contributed by atoms with Crippen molar-refractivity contribution in [3.05, 3.63) is 149 Å². The molecule has 0 saturated carbocycles. The third-order valence-electron chi connectivity index (χ3n) is 7.64. The van der Waals surface area contributed by atoms with Crippen LogP contribution in [0.1, 0.15) is 81.3 Å². The SMILES string of the molecule is CC(C)(C)c1ccc2c(c1)[cH-]c1cc(C(C)(C)C)ccc12.Cc1cccc([C](=[Zr+2])c2cccc(C)c2)c1.[C-]1=CC=CC1. The summed E-state index contributed by atoms with van der Waals surface area (Å²) in [6.45, 7) is 17.9. The van der Waals surface area contributed by atoms with E-state index in [1.165, 1.54) is 82.4 Å². The van der Waals surface area contributed by atoms with E-state index in [1.807, 2.05) is 12.2 Å². The smallest absolute Gasteiger partial charge is 0.109 e. The molecule has 5 aromatic rings. The number of fused-ring (bicyclic) bond motifs is 3.